The molecule has 0 heterocycles. The molecule has 90 valence electrons. The van der Waals surface area contributed by atoms with E-state index in [0.29, 0.717) is 0 Å². The van der Waals surface area contributed by atoms with Crippen molar-refractivity contribution in [3.05, 3.63) is 70.8 Å². The van der Waals surface area contributed by atoms with Crippen LogP contribution in [-0.4, -0.2) is 0 Å². The maximum Gasteiger partial charge on any atom is 0.130 e. The third-order valence-corrected chi connectivity index (χ3v) is 2.90. The highest BCUT2D eigenvalue weighted by molar-refractivity contribution is 5.42. The number of nitriles is 1. The predicted octanol–water partition coefficient (Wildman–Crippen LogP) is 3.93. The molecule has 2 rings (SSSR count). The summed E-state index contributed by atoms with van der Waals surface area (Å²) in [5.74, 6) is -2.05. The highest BCUT2D eigenvalue weighted by Crippen LogP contribution is 2.28. The smallest absolute Gasteiger partial charge is 0.130 e. The lowest BCUT2D eigenvalue weighted by atomic mass is 9.89. The summed E-state index contributed by atoms with van der Waals surface area (Å²) < 4.78 is 26.6. The summed E-state index contributed by atoms with van der Waals surface area (Å²) in [5, 5.41) is 9.24. The van der Waals surface area contributed by atoms with E-state index in [1.54, 1.807) is 12.1 Å². The summed E-state index contributed by atoms with van der Waals surface area (Å²) in [7, 11) is 0. The van der Waals surface area contributed by atoms with Crippen LogP contribution in [0.25, 0.3) is 0 Å². The molecule has 18 heavy (non-hydrogen) atoms. The summed E-state index contributed by atoms with van der Waals surface area (Å²) in [6.45, 7) is 1.86. The zero-order valence-corrected chi connectivity index (χ0v) is 9.82. The van der Waals surface area contributed by atoms with Crippen LogP contribution in [0.2, 0.25) is 0 Å². The van der Waals surface area contributed by atoms with Gasteiger partial charge in [-0.05, 0) is 24.1 Å². The molecule has 0 amide bonds. The van der Waals surface area contributed by atoms with Gasteiger partial charge in [-0.25, -0.2) is 8.78 Å². The van der Waals surface area contributed by atoms with E-state index in [9.17, 15) is 14.0 Å². The monoisotopic (exact) mass is 243 g/mol. The van der Waals surface area contributed by atoms with Crippen molar-refractivity contribution in [2.75, 3.05) is 0 Å². The van der Waals surface area contributed by atoms with Crippen LogP contribution in [0.4, 0.5) is 8.78 Å². The molecule has 2 aromatic carbocycles. The van der Waals surface area contributed by atoms with Crippen molar-refractivity contribution in [3.63, 3.8) is 0 Å². The minimum absolute atomic E-state index is 0.202. The number of hydrogen-bond donors (Lipinski definition) is 0. The van der Waals surface area contributed by atoms with E-state index >= 15 is 0 Å². The minimum atomic E-state index is -0.716. The topological polar surface area (TPSA) is 23.8 Å². The largest absolute Gasteiger partial charge is 0.207 e. The maximum absolute atomic E-state index is 13.7. The van der Waals surface area contributed by atoms with Crippen LogP contribution in [0.1, 0.15) is 22.6 Å². The Morgan fingerprint density at radius 1 is 1.06 bits per heavy atom. The number of halogens is 2. The quantitative estimate of drug-likeness (QED) is 0.784. The van der Waals surface area contributed by atoms with Crippen molar-refractivity contribution < 1.29 is 8.78 Å². The Kier molecular flexibility index (Phi) is 3.38. The van der Waals surface area contributed by atoms with Crippen molar-refractivity contribution in [3.8, 4) is 6.07 Å². The zero-order chi connectivity index (χ0) is 13.1. The predicted molar refractivity (Wildman–Crippen MR) is 65.0 cm³/mol. The second-order valence-electron chi connectivity index (χ2n) is 4.08. The van der Waals surface area contributed by atoms with Gasteiger partial charge in [-0.3, -0.25) is 0 Å². The fourth-order valence-electron chi connectivity index (χ4n) is 1.95. The Morgan fingerprint density at radius 3 is 2.39 bits per heavy atom. The van der Waals surface area contributed by atoms with E-state index in [0.717, 1.165) is 17.2 Å². The molecule has 0 aliphatic heterocycles. The maximum atomic E-state index is 13.7. The molecule has 0 saturated carbocycles. The molecule has 3 heteroatoms. The van der Waals surface area contributed by atoms with Crippen molar-refractivity contribution in [1.82, 2.24) is 0 Å². The average molecular weight is 243 g/mol. The van der Waals surface area contributed by atoms with Crippen LogP contribution < -0.4 is 0 Å². The van der Waals surface area contributed by atoms with E-state index < -0.39 is 17.6 Å². The second kappa shape index (κ2) is 4.97. The first-order valence-corrected chi connectivity index (χ1v) is 5.53. The molecule has 0 aromatic heterocycles. The lowest BCUT2D eigenvalue weighted by Gasteiger charge is -2.13. The van der Waals surface area contributed by atoms with E-state index in [2.05, 4.69) is 6.07 Å². The Bertz CT molecular complexity index is 614. The van der Waals surface area contributed by atoms with Gasteiger partial charge in [-0.1, -0.05) is 30.3 Å². The van der Waals surface area contributed by atoms with Crippen LogP contribution in [0, 0.1) is 29.9 Å². The van der Waals surface area contributed by atoms with Crippen LogP contribution in [0.5, 0.6) is 0 Å². The minimum Gasteiger partial charge on any atom is -0.207 e. The molecule has 0 bridgehead atoms. The summed E-state index contributed by atoms with van der Waals surface area (Å²) >= 11 is 0. The third kappa shape index (κ3) is 2.23. The lowest BCUT2D eigenvalue weighted by molar-refractivity contribution is 0.571. The van der Waals surface area contributed by atoms with Crippen molar-refractivity contribution in [2.45, 2.75) is 12.8 Å². The molecule has 0 aliphatic rings. The normalized spacial score (nSPS) is 11.9. The molecule has 0 radical (unpaired) electrons. The van der Waals surface area contributed by atoms with Crippen molar-refractivity contribution in [2.24, 2.45) is 0 Å². The molecule has 1 nitrogen and oxygen atoms in total. The first kappa shape index (κ1) is 12.3. The Labute approximate surface area is 104 Å². The molecular formula is C15H11F2N. The first-order valence-electron chi connectivity index (χ1n) is 5.53. The van der Waals surface area contributed by atoms with Crippen LogP contribution in [0.3, 0.4) is 0 Å². The molecule has 2 aromatic rings. The number of nitrogens with zero attached hydrogens (tertiary/aromatic N) is 1. The van der Waals surface area contributed by atoms with Gasteiger partial charge in [0.15, 0.2) is 0 Å². The summed E-state index contributed by atoms with van der Waals surface area (Å²) in [6, 6.07) is 12.7. The van der Waals surface area contributed by atoms with Gasteiger partial charge in [-0.15, -0.1) is 0 Å². The molecule has 0 spiro atoms. The number of hydrogen-bond acceptors (Lipinski definition) is 1. The Balaban J connectivity index is 2.54. The highest BCUT2D eigenvalue weighted by atomic mass is 19.1. The van der Waals surface area contributed by atoms with Gasteiger partial charge in [-0.2, -0.15) is 5.26 Å². The fraction of sp³-hybridized carbons (Fsp3) is 0.133. The fourth-order valence-corrected chi connectivity index (χ4v) is 1.95. The average Bonchev–Trinajstić information content (AvgIpc) is 2.34. The zero-order valence-electron chi connectivity index (χ0n) is 9.82. The van der Waals surface area contributed by atoms with Gasteiger partial charge in [0, 0.05) is 11.6 Å². The molecule has 0 N–H and O–H groups in total. The van der Waals surface area contributed by atoms with E-state index in [1.165, 1.54) is 12.1 Å². The first-order chi connectivity index (χ1) is 8.63. The van der Waals surface area contributed by atoms with E-state index in [1.807, 2.05) is 19.1 Å². The van der Waals surface area contributed by atoms with Gasteiger partial charge in [0.05, 0.1) is 12.0 Å². The lowest BCUT2D eigenvalue weighted by Crippen LogP contribution is -2.03. The molecular weight excluding hydrogens is 232 g/mol. The Morgan fingerprint density at radius 2 is 1.78 bits per heavy atom. The van der Waals surface area contributed by atoms with Crippen molar-refractivity contribution in [1.29, 1.82) is 5.26 Å². The van der Waals surface area contributed by atoms with Crippen LogP contribution in [-0.2, 0) is 0 Å². The van der Waals surface area contributed by atoms with Crippen LogP contribution in [0.15, 0.2) is 42.5 Å². The summed E-state index contributed by atoms with van der Waals surface area (Å²) in [6.07, 6.45) is 0. The van der Waals surface area contributed by atoms with Crippen LogP contribution >= 0.6 is 0 Å². The summed E-state index contributed by atoms with van der Waals surface area (Å²) in [4.78, 5) is 0. The van der Waals surface area contributed by atoms with Gasteiger partial charge < -0.3 is 0 Å². The van der Waals surface area contributed by atoms with E-state index in [-0.39, 0.29) is 5.56 Å². The number of aryl methyl sites for hydroxylation is 1. The number of rotatable bonds is 2. The molecule has 1 unspecified atom stereocenters. The van der Waals surface area contributed by atoms with Gasteiger partial charge in [0.25, 0.3) is 0 Å². The van der Waals surface area contributed by atoms with Gasteiger partial charge >= 0.3 is 0 Å². The van der Waals surface area contributed by atoms with Gasteiger partial charge in [0.2, 0.25) is 0 Å². The second-order valence-corrected chi connectivity index (χ2v) is 4.08. The number of benzene rings is 2. The van der Waals surface area contributed by atoms with Gasteiger partial charge in [0.1, 0.15) is 11.6 Å². The summed E-state index contributed by atoms with van der Waals surface area (Å²) in [5.41, 5.74) is 1.85. The highest BCUT2D eigenvalue weighted by Gasteiger charge is 2.19. The molecule has 0 fully saturated rings. The standard InChI is InChI=1S/C15H11F2N/c1-10-4-2-3-5-12(10)14(9-18)13-7-6-11(16)8-15(13)17/h2-8,14H,1H3. The van der Waals surface area contributed by atoms with E-state index in [4.69, 9.17) is 0 Å². The third-order valence-electron chi connectivity index (χ3n) is 2.90. The molecule has 0 aliphatic carbocycles. The molecule has 1 atom stereocenters. The SMILES string of the molecule is Cc1ccccc1C(C#N)c1ccc(F)cc1F. The van der Waals surface area contributed by atoms with Crippen molar-refractivity contribution >= 4 is 0 Å². The Hall–Kier alpha value is -2.21. The molecule has 0 saturated heterocycles.